The van der Waals surface area contributed by atoms with Crippen LogP contribution in [-0.4, -0.2) is 39.9 Å². The second-order valence-electron chi connectivity index (χ2n) is 8.65. The van der Waals surface area contributed by atoms with Crippen molar-refractivity contribution in [2.24, 2.45) is 0 Å². The fourth-order valence-electron chi connectivity index (χ4n) is 4.47. The average Bonchev–Trinajstić information content (AvgIpc) is 2.96. The molecule has 1 N–H and O–H groups in total. The Morgan fingerprint density at radius 2 is 1.78 bits per heavy atom. The predicted octanol–water partition coefficient (Wildman–Crippen LogP) is 4.85. The second-order valence-corrected chi connectivity index (χ2v) is 8.65. The molecule has 2 heterocycles. The summed E-state index contributed by atoms with van der Waals surface area (Å²) in [6.07, 6.45) is 9.65. The van der Waals surface area contributed by atoms with E-state index < -0.39 is 0 Å². The van der Waals surface area contributed by atoms with Crippen molar-refractivity contribution in [2.45, 2.75) is 45.1 Å². The number of anilines is 1. The Morgan fingerprint density at radius 1 is 1.00 bits per heavy atom. The first-order chi connectivity index (χ1) is 15.6. The molecule has 1 amide bonds. The number of hydrogen-bond donors (Lipinski definition) is 1. The second kappa shape index (κ2) is 9.09. The fourth-order valence-corrected chi connectivity index (χ4v) is 4.47. The van der Waals surface area contributed by atoms with E-state index in [-0.39, 0.29) is 5.91 Å². The van der Waals surface area contributed by atoms with Gasteiger partial charge in [0.1, 0.15) is 5.75 Å². The van der Waals surface area contributed by atoms with Crippen LogP contribution in [0.5, 0.6) is 11.6 Å². The van der Waals surface area contributed by atoms with E-state index in [1.54, 1.807) is 12.4 Å². The van der Waals surface area contributed by atoms with E-state index in [0.717, 1.165) is 54.7 Å². The van der Waals surface area contributed by atoms with Crippen molar-refractivity contribution >= 4 is 11.6 Å². The molecule has 0 unspecified atom stereocenters. The molecule has 5 rings (SSSR count). The van der Waals surface area contributed by atoms with E-state index in [4.69, 9.17) is 4.74 Å². The number of fused-ring (bicyclic) bond motifs is 1. The van der Waals surface area contributed by atoms with E-state index in [0.29, 0.717) is 5.88 Å². The topological polar surface area (TPSA) is 67.3 Å². The number of benzene rings is 2. The summed E-state index contributed by atoms with van der Waals surface area (Å²) in [5.74, 6) is 1.20. The number of hydrogen-bond acceptors (Lipinski definition) is 5. The van der Waals surface area contributed by atoms with Crippen LogP contribution in [0, 0.1) is 0 Å². The lowest BCUT2D eigenvalue weighted by molar-refractivity contribution is -0.114. The van der Waals surface area contributed by atoms with Crippen molar-refractivity contribution in [1.29, 1.82) is 0 Å². The Labute approximate surface area is 188 Å². The third-order valence-electron chi connectivity index (χ3n) is 6.46. The highest BCUT2D eigenvalue weighted by Gasteiger charge is 2.26. The molecule has 0 spiro atoms. The Balaban J connectivity index is 1.24. The van der Waals surface area contributed by atoms with Gasteiger partial charge in [0, 0.05) is 37.3 Å². The molecule has 0 bridgehead atoms. The van der Waals surface area contributed by atoms with E-state index in [1.165, 1.54) is 37.3 Å². The number of aromatic nitrogens is 2. The van der Waals surface area contributed by atoms with Gasteiger partial charge in [0.05, 0.1) is 18.1 Å². The third-order valence-corrected chi connectivity index (χ3v) is 6.46. The maximum atomic E-state index is 11.2. The molecule has 2 aromatic carbocycles. The summed E-state index contributed by atoms with van der Waals surface area (Å²) in [7, 11) is 0. The number of nitrogens with zero attached hydrogens (tertiary/aromatic N) is 3. The lowest BCUT2D eigenvalue weighted by Gasteiger charge is -2.36. The number of carbonyl (C=O) groups excluding carboxylic acids is 1. The van der Waals surface area contributed by atoms with Crippen LogP contribution >= 0.6 is 0 Å². The molecule has 32 heavy (non-hydrogen) atoms. The maximum Gasteiger partial charge on any atom is 0.237 e. The van der Waals surface area contributed by atoms with Gasteiger partial charge in [-0.15, -0.1) is 0 Å². The molecule has 0 radical (unpaired) electrons. The van der Waals surface area contributed by atoms with Crippen LogP contribution in [0.1, 0.15) is 37.3 Å². The lowest BCUT2D eigenvalue weighted by Crippen LogP contribution is -2.41. The molecule has 1 aromatic heterocycles. The van der Waals surface area contributed by atoms with Crippen molar-refractivity contribution in [1.82, 2.24) is 14.9 Å². The summed E-state index contributed by atoms with van der Waals surface area (Å²) in [5, 5.41) is 2.76. The minimum atomic E-state index is -0.0902. The van der Waals surface area contributed by atoms with Gasteiger partial charge in [-0.05, 0) is 61.1 Å². The van der Waals surface area contributed by atoms with E-state index in [9.17, 15) is 4.79 Å². The minimum Gasteiger partial charge on any atom is -0.437 e. The fraction of sp³-hybridized carbons (Fsp3) is 0.346. The zero-order valence-electron chi connectivity index (χ0n) is 18.4. The van der Waals surface area contributed by atoms with Crippen LogP contribution < -0.4 is 10.1 Å². The molecule has 6 nitrogen and oxygen atoms in total. The van der Waals surface area contributed by atoms with Crippen LogP contribution in [0.25, 0.3) is 11.3 Å². The SMILES string of the molecule is CC(=O)Nc1ccc(-c2cnc(Oc3ccc4c(c3)CCN(C3CCC3)CC4)cn2)cc1. The summed E-state index contributed by atoms with van der Waals surface area (Å²) in [6, 6.07) is 14.7. The molecule has 0 atom stereocenters. The molecule has 1 saturated carbocycles. The number of amides is 1. The summed E-state index contributed by atoms with van der Waals surface area (Å²) in [4.78, 5) is 22.8. The van der Waals surface area contributed by atoms with Gasteiger partial charge in [0.25, 0.3) is 0 Å². The smallest absolute Gasteiger partial charge is 0.237 e. The molecule has 1 aliphatic heterocycles. The molecule has 2 aliphatic rings. The number of rotatable bonds is 5. The van der Waals surface area contributed by atoms with Crippen molar-refractivity contribution in [3.8, 4) is 22.9 Å². The number of nitrogens with one attached hydrogen (secondary N) is 1. The predicted molar refractivity (Wildman–Crippen MR) is 125 cm³/mol. The van der Waals surface area contributed by atoms with Crippen LogP contribution in [0.15, 0.2) is 54.9 Å². The maximum absolute atomic E-state index is 11.2. The summed E-state index contributed by atoms with van der Waals surface area (Å²) >= 11 is 0. The zero-order chi connectivity index (χ0) is 21.9. The van der Waals surface area contributed by atoms with Crippen molar-refractivity contribution in [3.05, 3.63) is 66.0 Å². The van der Waals surface area contributed by atoms with Crippen LogP contribution in [0.3, 0.4) is 0 Å². The van der Waals surface area contributed by atoms with Gasteiger partial charge in [-0.25, -0.2) is 9.97 Å². The largest absolute Gasteiger partial charge is 0.437 e. The van der Waals surface area contributed by atoms with Crippen molar-refractivity contribution in [2.75, 3.05) is 18.4 Å². The summed E-state index contributed by atoms with van der Waals surface area (Å²) in [6.45, 7) is 3.79. The van der Waals surface area contributed by atoms with Gasteiger partial charge in [-0.1, -0.05) is 24.6 Å². The van der Waals surface area contributed by atoms with Crippen LogP contribution in [0.4, 0.5) is 5.69 Å². The highest BCUT2D eigenvalue weighted by molar-refractivity contribution is 5.88. The first-order valence-electron chi connectivity index (χ1n) is 11.4. The van der Waals surface area contributed by atoms with Gasteiger partial charge in [0.2, 0.25) is 11.8 Å². The molecule has 164 valence electrons. The molecule has 0 saturated heterocycles. The molecular weight excluding hydrogens is 400 g/mol. The Kier molecular flexibility index (Phi) is 5.86. The van der Waals surface area contributed by atoms with Gasteiger partial charge in [-0.2, -0.15) is 0 Å². The van der Waals surface area contributed by atoms with E-state index >= 15 is 0 Å². The van der Waals surface area contributed by atoms with Crippen LogP contribution in [0.2, 0.25) is 0 Å². The van der Waals surface area contributed by atoms with Gasteiger partial charge < -0.3 is 10.1 Å². The van der Waals surface area contributed by atoms with E-state index in [1.807, 2.05) is 30.3 Å². The van der Waals surface area contributed by atoms with Gasteiger partial charge in [0.15, 0.2) is 0 Å². The average molecular weight is 429 g/mol. The molecule has 3 aromatic rings. The normalized spacial score (nSPS) is 16.5. The first-order valence-corrected chi connectivity index (χ1v) is 11.4. The number of ether oxygens (including phenoxy) is 1. The third kappa shape index (κ3) is 4.65. The van der Waals surface area contributed by atoms with Crippen LogP contribution in [-0.2, 0) is 17.6 Å². The highest BCUT2D eigenvalue weighted by atomic mass is 16.5. The molecular formula is C26H28N4O2. The minimum absolute atomic E-state index is 0.0902. The Morgan fingerprint density at radius 3 is 2.44 bits per heavy atom. The monoisotopic (exact) mass is 428 g/mol. The zero-order valence-corrected chi connectivity index (χ0v) is 18.4. The standard InChI is InChI=1S/C26H28N4O2/c1-18(31)29-22-8-5-20(6-9-22)25-16-28-26(17-27-25)32-24-10-7-19-11-13-30(23-3-2-4-23)14-12-21(19)15-24/h5-10,15-17,23H,2-4,11-14H2,1H3,(H,29,31). The summed E-state index contributed by atoms with van der Waals surface area (Å²) in [5.41, 5.74) is 5.26. The Bertz CT molecular complexity index is 1090. The highest BCUT2D eigenvalue weighted by Crippen LogP contribution is 2.30. The summed E-state index contributed by atoms with van der Waals surface area (Å²) < 4.78 is 6.01. The van der Waals surface area contributed by atoms with Crippen molar-refractivity contribution < 1.29 is 9.53 Å². The first kappa shape index (κ1) is 20.6. The molecule has 6 heteroatoms. The van der Waals surface area contributed by atoms with E-state index in [2.05, 4.69) is 32.3 Å². The van der Waals surface area contributed by atoms with Gasteiger partial charge in [-0.3, -0.25) is 9.69 Å². The van der Waals surface area contributed by atoms with Gasteiger partial charge >= 0.3 is 0 Å². The Hall–Kier alpha value is -3.25. The van der Waals surface area contributed by atoms with Crippen molar-refractivity contribution in [3.63, 3.8) is 0 Å². The number of carbonyl (C=O) groups is 1. The molecule has 1 aliphatic carbocycles. The molecule has 1 fully saturated rings. The quantitative estimate of drug-likeness (QED) is 0.629. The lowest BCUT2D eigenvalue weighted by atomic mass is 9.91.